The van der Waals surface area contributed by atoms with Crippen molar-refractivity contribution in [2.24, 2.45) is 0 Å². The Labute approximate surface area is 232 Å². The van der Waals surface area contributed by atoms with E-state index in [1.807, 2.05) is 13.8 Å². The highest BCUT2D eigenvalue weighted by Gasteiger charge is 2.31. The molecule has 0 bridgehead atoms. The van der Waals surface area contributed by atoms with E-state index in [0.29, 0.717) is 0 Å². The second kappa shape index (κ2) is 13.2. The number of fused-ring (bicyclic) bond motifs is 1. The SMILES string of the molecule is CC(=O)Oc1ccc(OC(C)=O)c2c(OC(C)=O)c(C(CC=C(C)C)OC(=O)CC(C)(C)O)cc(OC(C)=O)c12. The van der Waals surface area contributed by atoms with Crippen LogP contribution in [-0.2, 0) is 28.7 Å². The van der Waals surface area contributed by atoms with Crippen LogP contribution in [0.5, 0.6) is 23.0 Å². The van der Waals surface area contributed by atoms with Crippen LogP contribution in [0.4, 0.5) is 0 Å². The summed E-state index contributed by atoms with van der Waals surface area (Å²) in [5, 5.41) is 10.1. The average Bonchev–Trinajstić information content (AvgIpc) is 2.76. The van der Waals surface area contributed by atoms with Crippen molar-refractivity contribution in [3.63, 3.8) is 0 Å². The molecule has 1 N–H and O–H groups in total. The van der Waals surface area contributed by atoms with Gasteiger partial charge in [-0.1, -0.05) is 11.6 Å². The van der Waals surface area contributed by atoms with Crippen LogP contribution < -0.4 is 18.9 Å². The Morgan fingerprint density at radius 1 is 0.775 bits per heavy atom. The molecule has 0 saturated heterocycles. The summed E-state index contributed by atoms with van der Waals surface area (Å²) >= 11 is 0. The molecule has 216 valence electrons. The van der Waals surface area contributed by atoms with E-state index in [1.54, 1.807) is 6.08 Å². The van der Waals surface area contributed by atoms with Gasteiger partial charge in [-0.25, -0.2) is 0 Å². The van der Waals surface area contributed by atoms with Gasteiger partial charge in [0, 0.05) is 39.7 Å². The van der Waals surface area contributed by atoms with Crippen LogP contribution in [0.25, 0.3) is 10.8 Å². The summed E-state index contributed by atoms with van der Waals surface area (Å²) in [6.45, 7) is 11.2. The molecule has 0 aromatic heterocycles. The lowest BCUT2D eigenvalue weighted by Crippen LogP contribution is -2.25. The second-order valence-electron chi connectivity index (χ2n) is 9.96. The zero-order valence-corrected chi connectivity index (χ0v) is 23.8. The minimum absolute atomic E-state index is 0.00654. The van der Waals surface area contributed by atoms with E-state index in [2.05, 4.69) is 0 Å². The standard InChI is InChI=1S/C29H34O11/c1-15(2)9-10-21(40-25(34)14-29(7,8)35)20-13-24(38-18(5)32)26-22(36-16(3)30)11-12-23(37-17(4)31)27(26)28(20)39-19(6)33/h9,11-13,21,35H,10,14H2,1-8H3. The van der Waals surface area contributed by atoms with Gasteiger partial charge in [-0.15, -0.1) is 0 Å². The molecule has 0 heterocycles. The third-order valence-corrected chi connectivity index (χ3v) is 5.10. The maximum absolute atomic E-state index is 12.8. The molecule has 0 aliphatic rings. The Morgan fingerprint density at radius 3 is 1.70 bits per heavy atom. The highest BCUT2D eigenvalue weighted by Crippen LogP contribution is 2.49. The second-order valence-corrected chi connectivity index (χ2v) is 9.96. The van der Waals surface area contributed by atoms with Crippen LogP contribution >= 0.6 is 0 Å². The maximum Gasteiger partial charge on any atom is 0.309 e. The number of carbonyl (C=O) groups is 5. The fourth-order valence-corrected chi connectivity index (χ4v) is 3.80. The lowest BCUT2D eigenvalue weighted by atomic mass is 9.96. The number of hydrogen-bond acceptors (Lipinski definition) is 11. The Kier molecular flexibility index (Phi) is 10.6. The van der Waals surface area contributed by atoms with Crippen LogP contribution in [0, 0.1) is 0 Å². The summed E-state index contributed by atoms with van der Waals surface area (Å²) in [6, 6.07) is 3.98. The van der Waals surface area contributed by atoms with E-state index in [9.17, 15) is 29.1 Å². The van der Waals surface area contributed by atoms with Crippen molar-refractivity contribution >= 4 is 40.6 Å². The number of allylic oxidation sites excluding steroid dienone is 1. The largest absolute Gasteiger partial charge is 0.457 e. The van der Waals surface area contributed by atoms with Crippen LogP contribution in [0.2, 0.25) is 0 Å². The Hall–Kier alpha value is -4.25. The summed E-state index contributed by atoms with van der Waals surface area (Å²) in [4.78, 5) is 61.1. The molecule has 0 aliphatic carbocycles. The van der Waals surface area contributed by atoms with Crippen LogP contribution in [0.3, 0.4) is 0 Å². The third kappa shape index (κ3) is 9.19. The van der Waals surface area contributed by atoms with Gasteiger partial charge in [0.1, 0.15) is 29.1 Å². The van der Waals surface area contributed by atoms with Crippen molar-refractivity contribution < 1.29 is 52.8 Å². The fraction of sp³-hybridized carbons (Fsp3) is 0.414. The summed E-state index contributed by atoms with van der Waals surface area (Å²) in [6.07, 6.45) is 0.421. The molecule has 0 fully saturated rings. The smallest absolute Gasteiger partial charge is 0.309 e. The third-order valence-electron chi connectivity index (χ3n) is 5.10. The molecule has 2 rings (SSSR count). The van der Waals surface area contributed by atoms with Gasteiger partial charge < -0.3 is 28.8 Å². The van der Waals surface area contributed by atoms with Crippen molar-refractivity contribution in [2.45, 2.75) is 79.9 Å². The Morgan fingerprint density at radius 2 is 1.25 bits per heavy atom. The van der Waals surface area contributed by atoms with Crippen molar-refractivity contribution in [1.82, 2.24) is 0 Å². The van der Waals surface area contributed by atoms with Crippen molar-refractivity contribution in [1.29, 1.82) is 0 Å². The monoisotopic (exact) mass is 558 g/mol. The van der Waals surface area contributed by atoms with Gasteiger partial charge in [-0.2, -0.15) is 0 Å². The van der Waals surface area contributed by atoms with E-state index in [-0.39, 0.29) is 52.2 Å². The van der Waals surface area contributed by atoms with E-state index >= 15 is 0 Å². The number of aliphatic hydroxyl groups is 1. The molecule has 1 atom stereocenters. The number of esters is 5. The molecular formula is C29H34O11. The number of carbonyl (C=O) groups excluding carboxylic acids is 5. The average molecular weight is 559 g/mol. The van der Waals surface area contributed by atoms with E-state index in [4.69, 9.17) is 23.7 Å². The first-order valence-electron chi connectivity index (χ1n) is 12.4. The predicted octanol–water partition coefficient (Wildman–Crippen LogP) is 4.64. The lowest BCUT2D eigenvalue weighted by molar-refractivity contribution is -0.154. The molecular weight excluding hydrogens is 524 g/mol. The zero-order chi connectivity index (χ0) is 30.4. The number of hydrogen-bond donors (Lipinski definition) is 1. The number of benzene rings is 2. The van der Waals surface area contributed by atoms with E-state index in [0.717, 1.165) is 33.3 Å². The highest BCUT2D eigenvalue weighted by atomic mass is 16.6. The molecule has 0 radical (unpaired) electrons. The minimum Gasteiger partial charge on any atom is -0.457 e. The first kappa shape index (κ1) is 32.0. The minimum atomic E-state index is -1.37. The molecule has 40 heavy (non-hydrogen) atoms. The van der Waals surface area contributed by atoms with Gasteiger partial charge in [0.2, 0.25) is 0 Å². The van der Waals surface area contributed by atoms with E-state index < -0.39 is 41.6 Å². The van der Waals surface area contributed by atoms with Crippen molar-refractivity contribution in [2.75, 3.05) is 0 Å². The van der Waals surface area contributed by atoms with Gasteiger partial charge in [0.25, 0.3) is 0 Å². The molecule has 11 nitrogen and oxygen atoms in total. The summed E-state index contributed by atoms with van der Waals surface area (Å²) in [5.41, 5.74) is -0.393. The topological polar surface area (TPSA) is 152 Å². The molecule has 0 spiro atoms. The number of rotatable bonds is 10. The van der Waals surface area contributed by atoms with Gasteiger partial charge in [0.15, 0.2) is 0 Å². The summed E-state index contributed by atoms with van der Waals surface area (Å²) in [7, 11) is 0. The fourth-order valence-electron chi connectivity index (χ4n) is 3.80. The molecule has 2 aromatic rings. The van der Waals surface area contributed by atoms with Crippen LogP contribution in [0.1, 0.15) is 79.9 Å². The first-order valence-corrected chi connectivity index (χ1v) is 12.4. The van der Waals surface area contributed by atoms with Gasteiger partial charge >= 0.3 is 29.8 Å². The molecule has 1 unspecified atom stereocenters. The van der Waals surface area contributed by atoms with Crippen LogP contribution in [0.15, 0.2) is 29.8 Å². The molecule has 2 aromatic carbocycles. The quantitative estimate of drug-likeness (QED) is 0.246. The summed E-state index contributed by atoms with van der Waals surface area (Å²) in [5.74, 6) is -4.16. The highest BCUT2D eigenvalue weighted by molar-refractivity contribution is 6.06. The van der Waals surface area contributed by atoms with Crippen molar-refractivity contribution in [3.8, 4) is 23.0 Å². The zero-order valence-electron chi connectivity index (χ0n) is 23.8. The molecule has 0 amide bonds. The molecule has 0 aliphatic heterocycles. The lowest BCUT2D eigenvalue weighted by Gasteiger charge is -2.25. The Bertz CT molecular complexity index is 1360. The molecule has 11 heteroatoms. The maximum atomic E-state index is 12.8. The van der Waals surface area contributed by atoms with Crippen LogP contribution in [-0.4, -0.2) is 40.6 Å². The molecule has 0 saturated carbocycles. The van der Waals surface area contributed by atoms with E-state index in [1.165, 1.54) is 32.0 Å². The summed E-state index contributed by atoms with van der Waals surface area (Å²) < 4.78 is 27.5. The van der Waals surface area contributed by atoms with Gasteiger partial charge in [-0.05, 0) is 45.9 Å². The normalized spacial score (nSPS) is 11.7. The Balaban J connectivity index is 3.07. The number of ether oxygens (including phenoxy) is 5. The first-order chi connectivity index (χ1) is 18.5. The van der Waals surface area contributed by atoms with Gasteiger partial charge in [-0.3, -0.25) is 24.0 Å². The predicted molar refractivity (Wildman–Crippen MR) is 143 cm³/mol. The van der Waals surface area contributed by atoms with Crippen molar-refractivity contribution in [3.05, 3.63) is 35.4 Å². The van der Waals surface area contributed by atoms with Gasteiger partial charge in [0.05, 0.1) is 22.8 Å².